The van der Waals surface area contributed by atoms with Crippen molar-refractivity contribution in [2.75, 3.05) is 13.7 Å². The van der Waals surface area contributed by atoms with E-state index in [2.05, 4.69) is 5.32 Å². The Balaban J connectivity index is 1.81. The Morgan fingerprint density at radius 3 is 2.46 bits per heavy atom. The van der Waals surface area contributed by atoms with Crippen LogP contribution in [0, 0.1) is 0 Å². The molecular weight excluding hydrogens is 442 g/mol. The Hall–Kier alpha value is -3.54. The highest BCUT2D eigenvalue weighted by Crippen LogP contribution is 2.47. The molecular formula is C29H33NO5. The highest BCUT2D eigenvalue weighted by Gasteiger charge is 2.42. The first-order valence-electron chi connectivity index (χ1n) is 12.1. The van der Waals surface area contributed by atoms with Gasteiger partial charge in [-0.2, -0.15) is 0 Å². The normalized spacial score (nSPS) is 19.9. The van der Waals surface area contributed by atoms with Crippen molar-refractivity contribution in [3.8, 4) is 11.5 Å². The van der Waals surface area contributed by atoms with Gasteiger partial charge in [0.1, 0.15) is 11.5 Å². The molecule has 0 unspecified atom stereocenters. The van der Waals surface area contributed by atoms with Gasteiger partial charge in [-0.05, 0) is 63.8 Å². The van der Waals surface area contributed by atoms with Crippen molar-refractivity contribution in [2.45, 2.75) is 58.5 Å². The van der Waals surface area contributed by atoms with Gasteiger partial charge in [0, 0.05) is 29.0 Å². The summed E-state index contributed by atoms with van der Waals surface area (Å²) in [7, 11) is 1.64. The fraction of sp³-hybridized carbons (Fsp3) is 0.379. The van der Waals surface area contributed by atoms with E-state index < -0.39 is 11.9 Å². The topological polar surface area (TPSA) is 73.9 Å². The molecule has 2 atom stereocenters. The van der Waals surface area contributed by atoms with Crippen LogP contribution in [0.3, 0.4) is 0 Å². The lowest BCUT2D eigenvalue weighted by molar-refractivity contribution is -0.138. The number of Topliss-reactive ketones (excluding diaryl/α,β-unsaturated/α-hetero) is 1. The van der Waals surface area contributed by atoms with Crippen molar-refractivity contribution in [3.63, 3.8) is 0 Å². The number of hydrogen-bond donors (Lipinski definition) is 1. The maximum absolute atomic E-state index is 13.7. The molecule has 0 spiro atoms. The molecule has 0 aromatic heterocycles. The molecule has 0 saturated carbocycles. The van der Waals surface area contributed by atoms with E-state index in [4.69, 9.17) is 14.2 Å². The number of dihydropyridines is 1. The Morgan fingerprint density at radius 1 is 1.09 bits per heavy atom. The van der Waals surface area contributed by atoms with Crippen LogP contribution >= 0.6 is 0 Å². The second-order valence-electron chi connectivity index (χ2n) is 9.22. The van der Waals surface area contributed by atoms with Crippen LogP contribution in [0.15, 0.2) is 71.1 Å². The van der Waals surface area contributed by atoms with E-state index in [1.54, 1.807) is 14.0 Å². The minimum absolute atomic E-state index is 0.0261. The molecule has 1 aliphatic heterocycles. The Kier molecular flexibility index (Phi) is 7.29. The summed E-state index contributed by atoms with van der Waals surface area (Å²) in [5.74, 6) is 0.549. The molecule has 6 nitrogen and oxygen atoms in total. The quantitative estimate of drug-likeness (QED) is 0.540. The van der Waals surface area contributed by atoms with E-state index >= 15 is 0 Å². The Morgan fingerprint density at radius 2 is 1.80 bits per heavy atom. The average molecular weight is 476 g/mol. The number of nitrogens with one attached hydrogen (secondary N) is 1. The molecule has 0 bridgehead atoms. The minimum atomic E-state index is -0.551. The molecule has 4 rings (SSSR count). The summed E-state index contributed by atoms with van der Waals surface area (Å²) in [6.45, 7) is 7.83. The first-order valence-corrected chi connectivity index (χ1v) is 12.1. The van der Waals surface area contributed by atoms with E-state index in [0.717, 1.165) is 22.6 Å². The van der Waals surface area contributed by atoms with Crippen LogP contribution in [0.4, 0.5) is 0 Å². The highest BCUT2D eigenvalue weighted by molar-refractivity contribution is 6.04. The zero-order chi connectivity index (χ0) is 25.1. The molecule has 0 amide bonds. The van der Waals surface area contributed by atoms with Crippen LogP contribution < -0.4 is 14.8 Å². The second-order valence-corrected chi connectivity index (χ2v) is 9.22. The van der Waals surface area contributed by atoms with Crippen molar-refractivity contribution in [1.29, 1.82) is 0 Å². The van der Waals surface area contributed by atoms with E-state index in [-0.39, 0.29) is 24.4 Å². The summed E-state index contributed by atoms with van der Waals surface area (Å²) in [6.07, 6.45) is 0.986. The van der Waals surface area contributed by atoms with Gasteiger partial charge < -0.3 is 19.5 Å². The lowest BCUT2D eigenvalue weighted by Crippen LogP contribution is -2.36. The highest BCUT2D eigenvalue weighted by atomic mass is 16.5. The number of methoxy groups -OCH3 is 1. The fourth-order valence-electron chi connectivity index (χ4n) is 5.02. The average Bonchev–Trinajstić information content (AvgIpc) is 2.83. The zero-order valence-electron chi connectivity index (χ0n) is 21.0. The monoisotopic (exact) mass is 475 g/mol. The van der Waals surface area contributed by atoms with Crippen LogP contribution in [-0.4, -0.2) is 31.6 Å². The number of ketones is 1. The van der Waals surface area contributed by atoms with E-state index in [9.17, 15) is 9.59 Å². The molecule has 0 radical (unpaired) electrons. The molecule has 1 heterocycles. The standard InChI is InChI=1S/C29H33NO5/c1-6-34-29(32)26-18(4)30-23-15-20(19-11-13-21(33-5)14-12-19)16-24(31)28(23)27(26)22-9-7-8-10-25(22)35-17(2)3/h7-14,17,20,27,30H,6,15-16H2,1-5H3/t20-,27-/m0/s1. The van der Waals surface area contributed by atoms with Crippen molar-refractivity contribution in [2.24, 2.45) is 0 Å². The summed E-state index contributed by atoms with van der Waals surface area (Å²) in [4.78, 5) is 26.9. The molecule has 6 heteroatoms. The maximum atomic E-state index is 13.7. The van der Waals surface area contributed by atoms with Crippen molar-refractivity contribution < 1.29 is 23.8 Å². The van der Waals surface area contributed by atoms with Gasteiger partial charge in [-0.1, -0.05) is 30.3 Å². The summed E-state index contributed by atoms with van der Waals surface area (Å²) < 4.78 is 16.8. The summed E-state index contributed by atoms with van der Waals surface area (Å²) >= 11 is 0. The fourth-order valence-corrected chi connectivity index (χ4v) is 5.02. The van der Waals surface area contributed by atoms with Gasteiger partial charge >= 0.3 is 5.97 Å². The number of carbonyl (C=O) groups is 2. The Labute approximate surface area is 207 Å². The molecule has 2 aliphatic rings. The number of benzene rings is 2. The lowest BCUT2D eigenvalue weighted by Gasteiger charge is -2.37. The molecule has 184 valence electrons. The van der Waals surface area contributed by atoms with Gasteiger partial charge in [0.25, 0.3) is 0 Å². The van der Waals surface area contributed by atoms with Crippen LogP contribution in [0.1, 0.15) is 63.5 Å². The summed E-state index contributed by atoms with van der Waals surface area (Å²) in [5, 5.41) is 3.39. The van der Waals surface area contributed by atoms with E-state index in [1.165, 1.54) is 0 Å². The molecule has 0 fully saturated rings. The third kappa shape index (κ3) is 4.97. The van der Waals surface area contributed by atoms with Crippen LogP contribution in [-0.2, 0) is 14.3 Å². The van der Waals surface area contributed by atoms with Crippen molar-refractivity contribution >= 4 is 11.8 Å². The number of para-hydroxylation sites is 1. The Bertz CT molecular complexity index is 1180. The number of carbonyl (C=O) groups excluding carboxylic acids is 2. The number of hydrogen-bond acceptors (Lipinski definition) is 6. The lowest BCUT2D eigenvalue weighted by atomic mass is 9.71. The van der Waals surface area contributed by atoms with Crippen LogP contribution in [0.25, 0.3) is 0 Å². The van der Waals surface area contributed by atoms with Crippen LogP contribution in [0.2, 0.25) is 0 Å². The van der Waals surface area contributed by atoms with Crippen molar-refractivity contribution in [1.82, 2.24) is 5.32 Å². The van der Waals surface area contributed by atoms with Gasteiger partial charge in [0.05, 0.1) is 31.3 Å². The van der Waals surface area contributed by atoms with Gasteiger partial charge in [-0.3, -0.25) is 4.79 Å². The number of ether oxygens (including phenoxy) is 3. The molecule has 1 aliphatic carbocycles. The molecule has 2 aromatic carbocycles. The van der Waals surface area contributed by atoms with Crippen LogP contribution in [0.5, 0.6) is 11.5 Å². The predicted octanol–water partition coefficient (Wildman–Crippen LogP) is 5.41. The largest absolute Gasteiger partial charge is 0.497 e. The van der Waals surface area contributed by atoms with Gasteiger partial charge in [-0.25, -0.2) is 4.79 Å². The molecule has 35 heavy (non-hydrogen) atoms. The third-order valence-corrected chi connectivity index (χ3v) is 6.50. The predicted molar refractivity (Wildman–Crippen MR) is 134 cm³/mol. The maximum Gasteiger partial charge on any atom is 0.336 e. The van der Waals surface area contributed by atoms with Gasteiger partial charge in [0.15, 0.2) is 5.78 Å². The second kappa shape index (κ2) is 10.4. The third-order valence-electron chi connectivity index (χ3n) is 6.50. The minimum Gasteiger partial charge on any atom is -0.497 e. The summed E-state index contributed by atoms with van der Waals surface area (Å²) in [6, 6.07) is 15.5. The molecule has 0 saturated heterocycles. The SMILES string of the molecule is CCOC(=O)C1=C(C)NC2=C(C(=O)C[C@@H](c3ccc(OC)cc3)C2)[C@H]1c1ccccc1OC(C)C. The number of rotatable bonds is 7. The van der Waals surface area contributed by atoms with Crippen molar-refractivity contribution in [3.05, 3.63) is 82.2 Å². The molecule has 2 aromatic rings. The van der Waals surface area contributed by atoms with E-state index in [1.807, 2.05) is 69.3 Å². The smallest absolute Gasteiger partial charge is 0.336 e. The first-order chi connectivity index (χ1) is 16.8. The zero-order valence-corrected chi connectivity index (χ0v) is 21.0. The number of esters is 1. The van der Waals surface area contributed by atoms with E-state index in [0.29, 0.717) is 35.4 Å². The van der Waals surface area contributed by atoms with Gasteiger partial charge in [-0.15, -0.1) is 0 Å². The molecule has 1 N–H and O–H groups in total. The first kappa shape index (κ1) is 24.6. The number of allylic oxidation sites excluding steroid dienone is 3. The van der Waals surface area contributed by atoms with Gasteiger partial charge in [0.2, 0.25) is 0 Å². The summed E-state index contributed by atoms with van der Waals surface area (Å²) in [5.41, 5.74) is 4.54.